The third kappa shape index (κ3) is 5.92. The van der Waals surface area contributed by atoms with Gasteiger partial charge in [-0.1, -0.05) is 0 Å². The molecule has 0 bridgehead atoms. The Kier molecular flexibility index (Phi) is 8.09. The molecule has 4 rings (SSSR count). The summed E-state index contributed by atoms with van der Waals surface area (Å²) in [5, 5.41) is 6.24. The van der Waals surface area contributed by atoms with Crippen molar-refractivity contribution < 1.29 is 23.5 Å². The maximum Gasteiger partial charge on any atom is 0.307 e. The van der Waals surface area contributed by atoms with Gasteiger partial charge in [0.05, 0.1) is 38.6 Å². The monoisotopic (exact) mass is 505 g/mol. The number of methoxy groups -OCH3 is 1. The van der Waals surface area contributed by atoms with Crippen LogP contribution in [0.3, 0.4) is 0 Å². The topological polar surface area (TPSA) is 107 Å². The number of aryl methyl sites for hydroxylation is 1. The van der Waals surface area contributed by atoms with Crippen molar-refractivity contribution in [1.29, 1.82) is 0 Å². The van der Waals surface area contributed by atoms with Crippen LogP contribution in [0.2, 0.25) is 0 Å². The van der Waals surface area contributed by atoms with E-state index in [2.05, 4.69) is 20.6 Å². The summed E-state index contributed by atoms with van der Waals surface area (Å²) in [4.78, 5) is 32.9. The predicted octanol–water partition coefficient (Wildman–Crippen LogP) is 4.32. The van der Waals surface area contributed by atoms with Gasteiger partial charge in [0.25, 0.3) is 0 Å². The van der Waals surface area contributed by atoms with E-state index < -0.39 is 5.82 Å². The standard InChI is InChI=1S/C27H28FN5O4/c1-4-37-25(35)9-10-29-16-23(34)20-7-6-19(13-17(20)2)32-26-27-31-15-22(33(27)12-11-30-26)18-5-8-24(36-3)21(28)14-18/h5-8,11-15,29H,4,9-10,16H2,1-3H3,(H,30,32). The highest BCUT2D eigenvalue weighted by atomic mass is 19.1. The third-order valence-corrected chi connectivity index (χ3v) is 5.76. The summed E-state index contributed by atoms with van der Waals surface area (Å²) in [5.74, 6) is -0.133. The van der Waals surface area contributed by atoms with Crippen LogP contribution in [0.5, 0.6) is 5.75 Å². The largest absolute Gasteiger partial charge is 0.494 e. The number of ketones is 1. The molecule has 0 aliphatic carbocycles. The highest BCUT2D eigenvalue weighted by molar-refractivity contribution is 5.99. The molecule has 0 amide bonds. The molecule has 0 fully saturated rings. The summed E-state index contributed by atoms with van der Waals surface area (Å²) in [5.41, 5.74) is 4.05. The van der Waals surface area contributed by atoms with Gasteiger partial charge in [-0.05, 0) is 55.8 Å². The van der Waals surface area contributed by atoms with Crippen molar-refractivity contribution in [3.8, 4) is 17.0 Å². The van der Waals surface area contributed by atoms with Crippen molar-refractivity contribution in [2.24, 2.45) is 0 Å². The molecule has 10 heteroatoms. The fraction of sp³-hybridized carbons (Fsp3) is 0.259. The molecule has 192 valence electrons. The van der Waals surface area contributed by atoms with Gasteiger partial charge in [0, 0.05) is 35.8 Å². The fourth-order valence-corrected chi connectivity index (χ4v) is 3.96. The highest BCUT2D eigenvalue weighted by Crippen LogP contribution is 2.28. The first-order chi connectivity index (χ1) is 17.9. The molecule has 2 heterocycles. The number of hydrogen-bond donors (Lipinski definition) is 2. The van der Waals surface area contributed by atoms with Crippen molar-refractivity contribution in [3.05, 3.63) is 71.9 Å². The van der Waals surface area contributed by atoms with E-state index in [4.69, 9.17) is 9.47 Å². The quantitative estimate of drug-likeness (QED) is 0.176. The lowest BCUT2D eigenvalue weighted by molar-refractivity contribution is -0.142. The van der Waals surface area contributed by atoms with E-state index in [1.165, 1.54) is 13.2 Å². The molecule has 0 unspecified atom stereocenters. The minimum Gasteiger partial charge on any atom is -0.494 e. The Morgan fingerprint density at radius 2 is 1.97 bits per heavy atom. The predicted molar refractivity (Wildman–Crippen MR) is 138 cm³/mol. The first kappa shape index (κ1) is 25.8. The molecule has 0 radical (unpaired) electrons. The number of anilines is 2. The van der Waals surface area contributed by atoms with E-state index in [-0.39, 0.29) is 30.5 Å². The van der Waals surface area contributed by atoms with Crippen LogP contribution in [-0.4, -0.2) is 52.9 Å². The number of benzene rings is 2. The average Bonchev–Trinajstić information content (AvgIpc) is 3.32. The maximum absolute atomic E-state index is 14.3. The average molecular weight is 506 g/mol. The summed E-state index contributed by atoms with van der Waals surface area (Å²) < 4.78 is 26.0. The third-order valence-electron chi connectivity index (χ3n) is 5.76. The van der Waals surface area contributed by atoms with Gasteiger partial charge in [0.15, 0.2) is 28.8 Å². The minimum absolute atomic E-state index is 0.0715. The van der Waals surface area contributed by atoms with E-state index >= 15 is 0 Å². The second-order valence-corrected chi connectivity index (χ2v) is 8.27. The van der Waals surface area contributed by atoms with Crippen molar-refractivity contribution in [2.75, 3.05) is 32.1 Å². The highest BCUT2D eigenvalue weighted by Gasteiger charge is 2.14. The van der Waals surface area contributed by atoms with Crippen molar-refractivity contribution in [1.82, 2.24) is 19.7 Å². The minimum atomic E-state index is -0.457. The maximum atomic E-state index is 14.3. The zero-order valence-corrected chi connectivity index (χ0v) is 20.9. The first-order valence-corrected chi connectivity index (χ1v) is 11.8. The van der Waals surface area contributed by atoms with E-state index in [0.29, 0.717) is 41.4 Å². The summed E-state index contributed by atoms with van der Waals surface area (Å²) in [6.45, 7) is 4.44. The van der Waals surface area contributed by atoms with Crippen molar-refractivity contribution in [2.45, 2.75) is 20.3 Å². The number of aromatic nitrogens is 3. The molecule has 0 atom stereocenters. The summed E-state index contributed by atoms with van der Waals surface area (Å²) in [6.07, 6.45) is 5.26. The number of carbonyl (C=O) groups is 2. The first-order valence-electron chi connectivity index (χ1n) is 11.8. The van der Waals surface area contributed by atoms with E-state index in [0.717, 1.165) is 11.3 Å². The Morgan fingerprint density at radius 3 is 2.70 bits per heavy atom. The molecule has 4 aromatic rings. The number of fused-ring (bicyclic) bond motifs is 1. The zero-order chi connectivity index (χ0) is 26.4. The number of halogens is 1. The van der Waals surface area contributed by atoms with E-state index in [1.54, 1.807) is 49.8 Å². The molecule has 2 aromatic carbocycles. The molecule has 0 saturated carbocycles. The van der Waals surface area contributed by atoms with E-state index in [1.807, 2.05) is 17.4 Å². The van der Waals surface area contributed by atoms with Gasteiger partial charge in [-0.3, -0.25) is 14.0 Å². The van der Waals surface area contributed by atoms with Gasteiger partial charge < -0.3 is 20.1 Å². The van der Waals surface area contributed by atoms with Crippen LogP contribution in [0.25, 0.3) is 16.9 Å². The normalized spacial score (nSPS) is 10.9. The Hall–Kier alpha value is -4.31. The van der Waals surface area contributed by atoms with Gasteiger partial charge in [0.2, 0.25) is 0 Å². The number of hydrogen-bond acceptors (Lipinski definition) is 8. The Balaban J connectivity index is 1.47. The molecular weight excluding hydrogens is 477 g/mol. The molecule has 37 heavy (non-hydrogen) atoms. The SMILES string of the molecule is CCOC(=O)CCNCC(=O)c1ccc(Nc2nccn3c(-c4ccc(OC)c(F)c4)cnc23)cc1C. The van der Waals surface area contributed by atoms with E-state index in [9.17, 15) is 14.0 Å². The number of esters is 1. The van der Waals surface area contributed by atoms with Gasteiger partial charge in [-0.15, -0.1) is 0 Å². The van der Waals surface area contributed by atoms with Crippen LogP contribution in [0.4, 0.5) is 15.9 Å². The lowest BCUT2D eigenvalue weighted by atomic mass is 10.0. The van der Waals surface area contributed by atoms with Crippen LogP contribution in [0, 0.1) is 12.7 Å². The summed E-state index contributed by atoms with van der Waals surface area (Å²) >= 11 is 0. The fourth-order valence-electron chi connectivity index (χ4n) is 3.96. The summed E-state index contributed by atoms with van der Waals surface area (Å²) in [6, 6.07) is 10.2. The van der Waals surface area contributed by atoms with Crippen LogP contribution in [0.15, 0.2) is 55.0 Å². The second-order valence-electron chi connectivity index (χ2n) is 8.27. The smallest absolute Gasteiger partial charge is 0.307 e. The van der Waals surface area contributed by atoms with Gasteiger partial charge in [-0.2, -0.15) is 0 Å². The molecule has 9 nitrogen and oxygen atoms in total. The Bertz CT molecular complexity index is 1440. The van der Waals surface area contributed by atoms with Crippen molar-refractivity contribution >= 4 is 28.9 Å². The molecule has 2 aromatic heterocycles. The molecule has 0 aliphatic heterocycles. The number of imidazole rings is 1. The van der Waals surface area contributed by atoms with Crippen LogP contribution >= 0.6 is 0 Å². The van der Waals surface area contributed by atoms with Crippen LogP contribution < -0.4 is 15.4 Å². The van der Waals surface area contributed by atoms with Gasteiger partial charge in [0.1, 0.15) is 0 Å². The lowest BCUT2D eigenvalue weighted by Gasteiger charge is -2.11. The molecule has 0 aliphatic rings. The number of ether oxygens (including phenoxy) is 2. The molecular formula is C27H28FN5O4. The molecule has 2 N–H and O–H groups in total. The Morgan fingerprint density at radius 1 is 1.14 bits per heavy atom. The lowest BCUT2D eigenvalue weighted by Crippen LogP contribution is -2.26. The number of nitrogens with zero attached hydrogens (tertiary/aromatic N) is 3. The molecule has 0 saturated heterocycles. The molecule has 0 spiro atoms. The number of nitrogens with one attached hydrogen (secondary N) is 2. The Labute approximate surface area is 213 Å². The zero-order valence-electron chi connectivity index (χ0n) is 20.9. The summed E-state index contributed by atoms with van der Waals surface area (Å²) in [7, 11) is 1.42. The van der Waals surface area contributed by atoms with Gasteiger partial charge >= 0.3 is 5.97 Å². The van der Waals surface area contributed by atoms with Gasteiger partial charge in [-0.25, -0.2) is 14.4 Å². The second kappa shape index (κ2) is 11.6. The van der Waals surface area contributed by atoms with Crippen LogP contribution in [0.1, 0.15) is 29.3 Å². The van der Waals surface area contributed by atoms with Crippen LogP contribution in [-0.2, 0) is 9.53 Å². The number of Topliss-reactive ketones (excluding diaryl/α,β-unsaturated/α-hetero) is 1. The number of carbonyl (C=O) groups excluding carboxylic acids is 2. The number of rotatable bonds is 11. The van der Waals surface area contributed by atoms with Crippen molar-refractivity contribution in [3.63, 3.8) is 0 Å².